The van der Waals surface area contributed by atoms with Gasteiger partial charge >= 0.3 is 0 Å². The van der Waals surface area contributed by atoms with Crippen molar-refractivity contribution in [3.8, 4) is 11.4 Å². The molecule has 1 amide bonds. The lowest BCUT2D eigenvalue weighted by molar-refractivity contribution is -0.132. The summed E-state index contributed by atoms with van der Waals surface area (Å²) in [6.45, 7) is 5.17. The van der Waals surface area contributed by atoms with E-state index < -0.39 is 0 Å². The summed E-state index contributed by atoms with van der Waals surface area (Å²) in [5.74, 6) is 1.09. The fourth-order valence-electron chi connectivity index (χ4n) is 3.00. The molecule has 24 heavy (non-hydrogen) atoms. The molecule has 1 aromatic carbocycles. The highest BCUT2D eigenvalue weighted by Crippen LogP contribution is 2.29. The quantitative estimate of drug-likeness (QED) is 0.857. The second kappa shape index (κ2) is 7.11. The van der Waals surface area contributed by atoms with Crippen molar-refractivity contribution >= 4 is 5.91 Å². The number of piperidine rings is 1. The van der Waals surface area contributed by atoms with Gasteiger partial charge in [-0.25, -0.2) is 4.39 Å². The number of hydrogen-bond acceptors (Lipinski definition) is 4. The van der Waals surface area contributed by atoms with Crippen LogP contribution < -0.4 is 0 Å². The SMILES string of the molecule is CCCC(=O)N1CCC(c2nc(-c3ccc(C)c(F)c3)no2)CC1. The van der Waals surface area contributed by atoms with Crippen molar-refractivity contribution < 1.29 is 13.7 Å². The zero-order valence-electron chi connectivity index (χ0n) is 14.1. The summed E-state index contributed by atoms with van der Waals surface area (Å²) in [6.07, 6.45) is 3.12. The van der Waals surface area contributed by atoms with Crippen molar-refractivity contribution in [2.45, 2.75) is 45.4 Å². The largest absolute Gasteiger partial charge is 0.343 e. The normalized spacial score (nSPS) is 15.7. The Labute approximate surface area is 140 Å². The fraction of sp³-hybridized carbons (Fsp3) is 0.500. The average Bonchev–Trinajstić information content (AvgIpc) is 3.08. The molecule has 2 heterocycles. The van der Waals surface area contributed by atoms with Crippen LogP contribution >= 0.6 is 0 Å². The molecule has 0 atom stereocenters. The van der Waals surface area contributed by atoms with Crippen LogP contribution in [0, 0.1) is 12.7 Å². The summed E-state index contributed by atoms with van der Waals surface area (Å²) < 4.78 is 19.1. The average molecular weight is 331 g/mol. The van der Waals surface area contributed by atoms with Crippen LogP contribution in [0.2, 0.25) is 0 Å². The monoisotopic (exact) mass is 331 g/mol. The highest BCUT2D eigenvalue weighted by molar-refractivity contribution is 5.76. The molecule has 0 spiro atoms. The van der Waals surface area contributed by atoms with Crippen LogP contribution in [0.25, 0.3) is 11.4 Å². The molecule has 6 heteroatoms. The van der Waals surface area contributed by atoms with Gasteiger partial charge in [0.1, 0.15) is 5.82 Å². The van der Waals surface area contributed by atoms with E-state index in [0.29, 0.717) is 29.3 Å². The lowest BCUT2D eigenvalue weighted by atomic mass is 9.96. The van der Waals surface area contributed by atoms with E-state index in [4.69, 9.17) is 4.52 Å². The number of nitrogens with zero attached hydrogens (tertiary/aromatic N) is 3. The second-order valence-corrected chi connectivity index (χ2v) is 6.33. The molecule has 1 saturated heterocycles. The summed E-state index contributed by atoms with van der Waals surface area (Å²) in [5, 5.41) is 3.98. The van der Waals surface area contributed by atoms with Crippen LogP contribution in [0.1, 0.15) is 50.0 Å². The van der Waals surface area contributed by atoms with Gasteiger partial charge in [-0.05, 0) is 37.8 Å². The van der Waals surface area contributed by atoms with Crippen LogP contribution in [0.3, 0.4) is 0 Å². The van der Waals surface area contributed by atoms with E-state index in [1.54, 1.807) is 19.1 Å². The number of aryl methyl sites for hydroxylation is 1. The zero-order valence-corrected chi connectivity index (χ0v) is 14.1. The first-order valence-corrected chi connectivity index (χ1v) is 8.46. The Morgan fingerprint density at radius 3 is 2.79 bits per heavy atom. The van der Waals surface area contributed by atoms with Gasteiger partial charge in [0.25, 0.3) is 0 Å². The van der Waals surface area contributed by atoms with Crippen molar-refractivity contribution in [3.05, 3.63) is 35.5 Å². The molecular formula is C18H22FN3O2. The lowest BCUT2D eigenvalue weighted by Gasteiger charge is -2.30. The molecule has 1 aromatic heterocycles. The van der Waals surface area contributed by atoms with E-state index in [0.717, 1.165) is 32.4 Å². The summed E-state index contributed by atoms with van der Waals surface area (Å²) in [7, 11) is 0. The molecule has 2 aromatic rings. The van der Waals surface area contributed by atoms with Crippen molar-refractivity contribution in [1.29, 1.82) is 0 Å². The number of amides is 1. The Bertz CT molecular complexity index is 721. The number of hydrogen-bond donors (Lipinski definition) is 0. The first kappa shape index (κ1) is 16.6. The second-order valence-electron chi connectivity index (χ2n) is 6.33. The number of carbonyl (C=O) groups excluding carboxylic acids is 1. The third kappa shape index (κ3) is 3.47. The number of carbonyl (C=O) groups is 1. The van der Waals surface area contributed by atoms with Gasteiger partial charge in [0.15, 0.2) is 0 Å². The van der Waals surface area contributed by atoms with Gasteiger partial charge < -0.3 is 9.42 Å². The van der Waals surface area contributed by atoms with Gasteiger partial charge in [0.05, 0.1) is 0 Å². The van der Waals surface area contributed by atoms with Gasteiger partial charge in [-0.3, -0.25) is 4.79 Å². The van der Waals surface area contributed by atoms with Gasteiger partial charge in [0.2, 0.25) is 17.6 Å². The third-order valence-corrected chi connectivity index (χ3v) is 4.53. The number of halogens is 1. The van der Waals surface area contributed by atoms with Crippen LogP contribution in [0.15, 0.2) is 22.7 Å². The van der Waals surface area contributed by atoms with Crippen LogP contribution in [0.5, 0.6) is 0 Å². The highest BCUT2D eigenvalue weighted by atomic mass is 19.1. The molecule has 1 fully saturated rings. The molecule has 0 bridgehead atoms. The van der Waals surface area contributed by atoms with E-state index in [2.05, 4.69) is 10.1 Å². The first-order valence-electron chi connectivity index (χ1n) is 8.46. The Kier molecular flexibility index (Phi) is 4.92. The fourth-order valence-corrected chi connectivity index (χ4v) is 3.00. The number of aromatic nitrogens is 2. The summed E-state index contributed by atoms with van der Waals surface area (Å²) in [6, 6.07) is 4.92. The predicted octanol–water partition coefficient (Wildman–Crippen LogP) is 3.69. The van der Waals surface area contributed by atoms with Gasteiger partial charge in [-0.2, -0.15) is 4.98 Å². The molecule has 1 aliphatic heterocycles. The maximum Gasteiger partial charge on any atom is 0.230 e. The van der Waals surface area contributed by atoms with E-state index in [9.17, 15) is 9.18 Å². The van der Waals surface area contributed by atoms with Gasteiger partial charge in [0, 0.05) is 31.0 Å². The maximum atomic E-state index is 13.7. The molecule has 1 aliphatic rings. The maximum absolute atomic E-state index is 13.7. The Balaban J connectivity index is 1.66. The predicted molar refractivity (Wildman–Crippen MR) is 87.9 cm³/mol. The van der Waals surface area contributed by atoms with E-state index in [1.165, 1.54) is 6.07 Å². The number of likely N-dealkylation sites (tertiary alicyclic amines) is 1. The molecule has 0 N–H and O–H groups in total. The number of benzene rings is 1. The van der Waals surface area contributed by atoms with Gasteiger partial charge in [-0.1, -0.05) is 24.2 Å². The van der Waals surface area contributed by atoms with Crippen LogP contribution in [-0.4, -0.2) is 34.0 Å². The van der Waals surface area contributed by atoms with Crippen LogP contribution in [-0.2, 0) is 4.79 Å². The summed E-state index contributed by atoms with van der Waals surface area (Å²) in [5.41, 5.74) is 1.20. The minimum atomic E-state index is -0.276. The third-order valence-electron chi connectivity index (χ3n) is 4.53. The smallest absolute Gasteiger partial charge is 0.230 e. The van der Waals surface area contributed by atoms with E-state index in [-0.39, 0.29) is 17.6 Å². The summed E-state index contributed by atoms with van der Waals surface area (Å²) in [4.78, 5) is 18.3. The molecule has 0 unspecified atom stereocenters. The molecular weight excluding hydrogens is 309 g/mol. The van der Waals surface area contributed by atoms with Crippen molar-refractivity contribution in [1.82, 2.24) is 15.0 Å². The molecule has 0 aliphatic carbocycles. The van der Waals surface area contributed by atoms with Crippen molar-refractivity contribution in [2.75, 3.05) is 13.1 Å². The van der Waals surface area contributed by atoms with E-state index >= 15 is 0 Å². The zero-order chi connectivity index (χ0) is 17.1. The molecule has 128 valence electrons. The minimum absolute atomic E-state index is 0.159. The Morgan fingerprint density at radius 2 is 2.12 bits per heavy atom. The summed E-state index contributed by atoms with van der Waals surface area (Å²) >= 11 is 0. The molecule has 3 rings (SSSR count). The van der Waals surface area contributed by atoms with E-state index in [1.807, 2.05) is 11.8 Å². The minimum Gasteiger partial charge on any atom is -0.343 e. The first-order chi connectivity index (χ1) is 11.6. The topological polar surface area (TPSA) is 59.2 Å². The number of rotatable bonds is 4. The Morgan fingerprint density at radius 1 is 1.38 bits per heavy atom. The Hall–Kier alpha value is -2.24. The van der Waals surface area contributed by atoms with Crippen LogP contribution in [0.4, 0.5) is 4.39 Å². The van der Waals surface area contributed by atoms with Crippen molar-refractivity contribution in [2.24, 2.45) is 0 Å². The molecule has 5 nitrogen and oxygen atoms in total. The highest BCUT2D eigenvalue weighted by Gasteiger charge is 2.27. The molecule has 0 saturated carbocycles. The molecule has 0 radical (unpaired) electrons. The standard InChI is InChI=1S/C18H22FN3O2/c1-3-4-16(23)22-9-7-13(8-10-22)18-20-17(21-24-18)14-6-5-12(2)15(19)11-14/h5-6,11,13H,3-4,7-10H2,1-2H3. The lowest BCUT2D eigenvalue weighted by Crippen LogP contribution is -2.37. The van der Waals surface area contributed by atoms with Crippen molar-refractivity contribution in [3.63, 3.8) is 0 Å². The van der Waals surface area contributed by atoms with Gasteiger partial charge in [-0.15, -0.1) is 0 Å².